The van der Waals surface area contributed by atoms with E-state index < -0.39 is 6.16 Å². The molecule has 38 heavy (non-hydrogen) atoms. The Morgan fingerprint density at radius 3 is 1.34 bits per heavy atom. The van der Waals surface area contributed by atoms with Gasteiger partial charge in [0, 0.05) is 7.14 Å². The highest BCUT2D eigenvalue weighted by molar-refractivity contribution is 14.1. The molecule has 2 aromatic rings. The highest BCUT2D eigenvalue weighted by Crippen LogP contribution is 2.28. The molecule has 4 atom stereocenters. The number of rotatable bonds is 18. The predicted molar refractivity (Wildman–Crippen MR) is 177 cm³/mol. The summed E-state index contributed by atoms with van der Waals surface area (Å²) in [4.78, 5) is 13.1. The van der Waals surface area contributed by atoms with Crippen LogP contribution >= 0.6 is 45.2 Å². The molecule has 0 bridgehead atoms. The molecule has 0 saturated carbocycles. The van der Waals surface area contributed by atoms with Gasteiger partial charge in [-0.15, -0.1) is 0 Å². The average molecular weight is 747 g/mol. The summed E-state index contributed by atoms with van der Waals surface area (Å²) in [6.45, 7) is 8.91. The molecule has 2 rings (SSSR count). The Morgan fingerprint density at radius 1 is 0.632 bits per heavy atom. The molecule has 212 valence electrons. The van der Waals surface area contributed by atoms with Crippen molar-refractivity contribution < 1.29 is 14.3 Å². The first kappa shape index (κ1) is 33.4. The fraction of sp³-hybridized carbons (Fsp3) is 0.606. The Balaban J connectivity index is 2.03. The maximum atomic E-state index is 13.1. The molecule has 0 aliphatic rings. The molecule has 0 aliphatic carbocycles. The Bertz CT molecular complexity index is 824. The monoisotopic (exact) mass is 746 g/mol. The van der Waals surface area contributed by atoms with E-state index in [4.69, 9.17) is 9.47 Å². The maximum Gasteiger partial charge on any atom is 0.508 e. The summed E-state index contributed by atoms with van der Waals surface area (Å²) in [5.74, 6) is 0.642. The third-order valence-electron chi connectivity index (χ3n) is 7.40. The Hall–Kier alpha value is -0.830. The van der Waals surface area contributed by atoms with Crippen molar-refractivity contribution in [2.24, 2.45) is 0 Å². The second kappa shape index (κ2) is 19.3. The number of unbranched alkanes of at least 4 members (excludes halogenated alkanes) is 6. The van der Waals surface area contributed by atoms with E-state index in [0.717, 1.165) is 38.5 Å². The molecule has 3 nitrogen and oxygen atoms in total. The van der Waals surface area contributed by atoms with Gasteiger partial charge in [-0.1, -0.05) is 90.5 Å². The zero-order valence-corrected chi connectivity index (χ0v) is 28.2. The number of carbonyl (C=O) groups excluding carboxylic acids is 1. The highest BCUT2D eigenvalue weighted by atomic mass is 127. The summed E-state index contributed by atoms with van der Waals surface area (Å²) in [5, 5.41) is 0. The molecule has 0 N–H and O–H groups in total. The van der Waals surface area contributed by atoms with Crippen LogP contribution in [0.4, 0.5) is 4.79 Å². The minimum Gasteiger partial charge on any atom is -0.431 e. The fourth-order valence-corrected chi connectivity index (χ4v) is 5.71. The molecule has 0 spiro atoms. The van der Waals surface area contributed by atoms with Crippen molar-refractivity contribution in [3.63, 3.8) is 0 Å². The van der Waals surface area contributed by atoms with Crippen molar-refractivity contribution in [1.82, 2.24) is 0 Å². The topological polar surface area (TPSA) is 35.5 Å². The summed E-state index contributed by atoms with van der Waals surface area (Å²) in [6, 6.07) is 17.4. The van der Waals surface area contributed by atoms with Gasteiger partial charge >= 0.3 is 6.16 Å². The molecule has 0 saturated heterocycles. The highest BCUT2D eigenvalue weighted by Gasteiger charge is 2.24. The van der Waals surface area contributed by atoms with Gasteiger partial charge in [0.15, 0.2) is 0 Å². The van der Waals surface area contributed by atoms with Crippen LogP contribution in [0.25, 0.3) is 0 Å². The lowest BCUT2D eigenvalue weighted by Gasteiger charge is -2.25. The van der Waals surface area contributed by atoms with Crippen LogP contribution in [0, 0.1) is 7.14 Å². The average Bonchev–Trinajstić information content (AvgIpc) is 2.89. The van der Waals surface area contributed by atoms with Crippen molar-refractivity contribution in [3.8, 4) is 0 Å². The predicted octanol–water partition coefficient (Wildman–Crippen LogP) is 11.4. The van der Waals surface area contributed by atoms with Gasteiger partial charge in [0.25, 0.3) is 0 Å². The van der Waals surface area contributed by atoms with Gasteiger partial charge in [0.2, 0.25) is 0 Å². The molecule has 2 aromatic carbocycles. The molecule has 0 heterocycles. The SMILES string of the molecule is CCCCCCC(CC(C)c1ccc(I)cc1)OC(=O)OC(CCCCCC)CC(C)c1ccc(I)cc1. The van der Waals surface area contributed by atoms with E-state index in [9.17, 15) is 4.79 Å². The number of ether oxygens (including phenoxy) is 2. The first-order valence-corrected chi connectivity index (χ1v) is 16.9. The second-order valence-corrected chi connectivity index (χ2v) is 13.3. The lowest BCUT2D eigenvalue weighted by Crippen LogP contribution is -2.26. The number of halogens is 2. The summed E-state index contributed by atoms with van der Waals surface area (Å²) in [5.41, 5.74) is 2.59. The molecule has 0 fully saturated rings. The summed E-state index contributed by atoms with van der Waals surface area (Å²) in [7, 11) is 0. The zero-order valence-electron chi connectivity index (χ0n) is 23.9. The Kier molecular flexibility index (Phi) is 16.9. The van der Waals surface area contributed by atoms with Crippen LogP contribution in [-0.2, 0) is 9.47 Å². The molecule has 0 radical (unpaired) electrons. The largest absolute Gasteiger partial charge is 0.508 e. The van der Waals surface area contributed by atoms with Gasteiger partial charge in [0.05, 0.1) is 0 Å². The maximum absolute atomic E-state index is 13.1. The first-order valence-electron chi connectivity index (χ1n) is 14.7. The zero-order chi connectivity index (χ0) is 27.8. The van der Waals surface area contributed by atoms with E-state index in [1.165, 1.54) is 56.8 Å². The van der Waals surface area contributed by atoms with Gasteiger partial charge < -0.3 is 9.47 Å². The van der Waals surface area contributed by atoms with E-state index in [2.05, 4.69) is 121 Å². The van der Waals surface area contributed by atoms with Crippen LogP contribution in [0.5, 0.6) is 0 Å². The second-order valence-electron chi connectivity index (χ2n) is 10.8. The van der Waals surface area contributed by atoms with Crippen LogP contribution in [0.15, 0.2) is 48.5 Å². The summed E-state index contributed by atoms with van der Waals surface area (Å²) < 4.78 is 14.6. The minimum absolute atomic E-state index is 0.122. The van der Waals surface area contributed by atoms with E-state index in [1.54, 1.807) is 0 Å². The van der Waals surface area contributed by atoms with Crippen LogP contribution in [-0.4, -0.2) is 18.4 Å². The standard InChI is InChI=1S/C33H48I2O3/c1-5-7-9-11-13-31(23-25(3)27-15-19-29(34)20-16-27)37-33(36)38-32(14-12-10-8-6-2)24-26(4)28-17-21-30(35)22-18-28/h15-22,25-26,31-32H,5-14,23-24H2,1-4H3. The van der Waals surface area contributed by atoms with E-state index in [0.29, 0.717) is 11.8 Å². The molecular formula is C33H48I2O3. The van der Waals surface area contributed by atoms with E-state index >= 15 is 0 Å². The van der Waals surface area contributed by atoms with Crippen LogP contribution in [0.1, 0.15) is 128 Å². The molecule has 0 aliphatic heterocycles. The lowest BCUT2D eigenvalue weighted by atomic mass is 9.93. The molecule has 0 aromatic heterocycles. The fourth-order valence-electron chi connectivity index (χ4n) is 4.99. The third-order valence-corrected chi connectivity index (χ3v) is 8.83. The number of benzene rings is 2. The van der Waals surface area contributed by atoms with Crippen molar-refractivity contribution in [1.29, 1.82) is 0 Å². The molecule has 0 amide bonds. The van der Waals surface area contributed by atoms with Crippen molar-refractivity contribution >= 4 is 51.3 Å². The van der Waals surface area contributed by atoms with Gasteiger partial charge in [-0.3, -0.25) is 0 Å². The molecule has 5 heteroatoms. The van der Waals surface area contributed by atoms with Crippen molar-refractivity contribution in [2.75, 3.05) is 0 Å². The number of hydrogen-bond acceptors (Lipinski definition) is 3. The van der Waals surface area contributed by atoms with Gasteiger partial charge in [-0.05, 0) is 131 Å². The normalized spacial score (nSPS) is 14.5. The lowest BCUT2D eigenvalue weighted by molar-refractivity contribution is -0.0135. The van der Waals surface area contributed by atoms with Crippen LogP contribution in [0.2, 0.25) is 0 Å². The number of hydrogen-bond donors (Lipinski definition) is 0. The van der Waals surface area contributed by atoms with Crippen molar-refractivity contribution in [3.05, 3.63) is 66.8 Å². The van der Waals surface area contributed by atoms with Crippen LogP contribution < -0.4 is 0 Å². The smallest absolute Gasteiger partial charge is 0.431 e. The summed E-state index contributed by atoms with van der Waals surface area (Å²) in [6.07, 6.45) is 12.1. The van der Waals surface area contributed by atoms with Crippen molar-refractivity contribution in [2.45, 2.75) is 129 Å². The van der Waals surface area contributed by atoms with Gasteiger partial charge in [-0.25, -0.2) is 4.79 Å². The Morgan fingerprint density at radius 2 is 1.00 bits per heavy atom. The number of carbonyl (C=O) groups is 1. The molecule has 4 unspecified atom stereocenters. The Labute approximate surface area is 259 Å². The third kappa shape index (κ3) is 13.5. The van der Waals surface area contributed by atoms with Gasteiger partial charge in [0.1, 0.15) is 12.2 Å². The minimum atomic E-state index is -0.490. The summed E-state index contributed by atoms with van der Waals surface area (Å²) >= 11 is 4.68. The van der Waals surface area contributed by atoms with E-state index in [1.807, 2.05) is 0 Å². The van der Waals surface area contributed by atoms with Gasteiger partial charge in [-0.2, -0.15) is 0 Å². The quantitative estimate of drug-likeness (QED) is 0.0866. The first-order chi connectivity index (χ1) is 18.3. The van der Waals surface area contributed by atoms with E-state index in [-0.39, 0.29) is 12.2 Å². The molecular weight excluding hydrogens is 698 g/mol. The van der Waals surface area contributed by atoms with Crippen LogP contribution in [0.3, 0.4) is 0 Å².